The Hall–Kier alpha value is -1.43. The van der Waals surface area contributed by atoms with Crippen LogP contribution in [0.5, 0.6) is 0 Å². The number of likely N-dealkylation sites (tertiary alicyclic amines) is 1. The summed E-state index contributed by atoms with van der Waals surface area (Å²) in [5.41, 5.74) is 1.09. The van der Waals surface area contributed by atoms with Crippen LogP contribution in [0.4, 0.5) is 0 Å². The summed E-state index contributed by atoms with van der Waals surface area (Å²) in [7, 11) is 0. The highest BCUT2D eigenvalue weighted by molar-refractivity contribution is 5.76. The van der Waals surface area contributed by atoms with E-state index in [0.29, 0.717) is 6.61 Å². The molecule has 0 aromatic heterocycles. The van der Waals surface area contributed by atoms with Gasteiger partial charge in [-0.3, -0.25) is 0 Å². The zero-order chi connectivity index (χ0) is 17.3. The van der Waals surface area contributed by atoms with E-state index < -0.39 is 0 Å². The maximum absolute atomic E-state index is 12.9. The Labute approximate surface area is 150 Å². The zero-order valence-corrected chi connectivity index (χ0v) is 15.2. The number of esters is 1. The van der Waals surface area contributed by atoms with Gasteiger partial charge in [-0.2, -0.15) is 0 Å². The Morgan fingerprint density at radius 2 is 1.68 bits per heavy atom. The normalized spacial score (nSPS) is 21.4. The van der Waals surface area contributed by atoms with Gasteiger partial charge in [0.1, 0.15) is 26.2 Å². The van der Waals surface area contributed by atoms with Crippen LogP contribution in [0.3, 0.4) is 0 Å². The van der Waals surface area contributed by atoms with Crippen molar-refractivity contribution in [3.05, 3.63) is 35.9 Å². The third-order valence-corrected chi connectivity index (χ3v) is 5.42. The van der Waals surface area contributed by atoms with E-state index in [1.165, 1.54) is 35.5 Å². The molecule has 0 amide bonds. The Kier molecular flexibility index (Phi) is 7.27. The van der Waals surface area contributed by atoms with Gasteiger partial charge in [0.25, 0.3) is 0 Å². The Morgan fingerprint density at radius 3 is 2.36 bits per heavy atom. The minimum absolute atomic E-state index is 0.0595. The summed E-state index contributed by atoms with van der Waals surface area (Å²) in [5, 5.41) is 0. The number of carbonyl (C=O) groups excluding carboxylic acids is 1. The van der Waals surface area contributed by atoms with Crippen LogP contribution in [0, 0.1) is 0 Å². The summed E-state index contributed by atoms with van der Waals surface area (Å²) < 4.78 is 11.1. The number of hydrogen-bond donors (Lipinski definition) is 2. The molecule has 5 heteroatoms. The third-order valence-electron chi connectivity index (χ3n) is 5.42. The second-order valence-corrected chi connectivity index (χ2v) is 7.20. The highest BCUT2D eigenvalue weighted by Gasteiger charge is 2.33. The quantitative estimate of drug-likeness (QED) is 0.691. The first kappa shape index (κ1) is 18.4. The van der Waals surface area contributed by atoms with Crippen molar-refractivity contribution >= 4 is 5.97 Å². The predicted molar refractivity (Wildman–Crippen MR) is 95.7 cm³/mol. The van der Waals surface area contributed by atoms with Crippen molar-refractivity contribution in [1.82, 2.24) is 0 Å². The number of hydrogen-bond acceptors (Lipinski definition) is 3. The van der Waals surface area contributed by atoms with Gasteiger partial charge in [-0.25, -0.2) is 4.79 Å². The SMILES string of the molecule is O=C(OCC[NH+]1CCOCC1)[C@@H](c1ccccc1)[NH+]1CCCCCC1. The van der Waals surface area contributed by atoms with Crippen LogP contribution >= 0.6 is 0 Å². The lowest BCUT2D eigenvalue weighted by molar-refractivity contribution is -0.922. The van der Waals surface area contributed by atoms with Gasteiger partial charge in [-0.1, -0.05) is 30.3 Å². The van der Waals surface area contributed by atoms with E-state index in [4.69, 9.17) is 9.47 Å². The largest absolute Gasteiger partial charge is 0.455 e. The molecule has 0 saturated carbocycles. The first-order valence-corrected chi connectivity index (χ1v) is 9.82. The second-order valence-electron chi connectivity index (χ2n) is 7.20. The Balaban J connectivity index is 1.60. The maximum Gasteiger partial charge on any atom is 0.370 e. The van der Waals surface area contributed by atoms with Gasteiger partial charge in [0.15, 0.2) is 0 Å². The van der Waals surface area contributed by atoms with Crippen molar-refractivity contribution in [2.75, 3.05) is 52.5 Å². The summed E-state index contributed by atoms with van der Waals surface area (Å²) in [4.78, 5) is 15.8. The number of benzene rings is 1. The van der Waals surface area contributed by atoms with Crippen molar-refractivity contribution in [3.63, 3.8) is 0 Å². The molecule has 1 atom stereocenters. The lowest BCUT2D eigenvalue weighted by Crippen LogP contribution is -3.14. The summed E-state index contributed by atoms with van der Waals surface area (Å²) in [6.45, 7) is 7.15. The molecule has 2 heterocycles. The van der Waals surface area contributed by atoms with Crippen molar-refractivity contribution in [2.45, 2.75) is 31.7 Å². The molecule has 5 nitrogen and oxygen atoms in total. The highest BCUT2D eigenvalue weighted by Crippen LogP contribution is 2.13. The van der Waals surface area contributed by atoms with E-state index in [1.807, 2.05) is 18.2 Å². The number of nitrogens with one attached hydrogen (secondary N) is 2. The predicted octanol–water partition coefficient (Wildman–Crippen LogP) is -0.355. The summed E-state index contributed by atoms with van der Waals surface area (Å²) in [6.07, 6.45) is 4.95. The molecule has 2 fully saturated rings. The minimum atomic E-state index is -0.181. The molecule has 1 aromatic carbocycles. The molecule has 2 aliphatic rings. The van der Waals surface area contributed by atoms with Crippen LogP contribution < -0.4 is 9.80 Å². The fourth-order valence-corrected chi connectivity index (χ4v) is 3.94. The summed E-state index contributed by atoms with van der Waals surface area (Å²) >= 11 is 0. The molecule has 2 aliphatic heterocycles. The molecule has 0 unspecified atom stereocenters. The van der Waals surface area contributed by atoms with Crippen molar-refractivity contribution < 1.29 is 24.1 Å². The van der Waals surface area contributed by atoms with Crippen LogP contribution in [0.15, 0.2) is 30.3 Å². The van der Waals surface area contributed by atoms with Crippen LogP contribution in [0.1, 0.15) is 37.3 Å². The van der Waals surface area contributed by atoms with Gasteiger partial charge in [-0.15, -0.1) is 0 Å². The topological polar surface area (TPSA) is 44.4 Å². The zero-order valence-electron chi connectivity index (χ0n) is 15.2. The molecule has 0 spiro atoms. The fourth-order valence-electron chi connectivity index (χ4n) is 3.94. The van der Waals surface area contributed by atoms with Gasteiger partial charge in [0, 0.05) is 5.56 Å². The molecule has 138 valence electrons. The average Bonchev–Trinajstić information content (AvgIpc) is 2.93. The van der Waals surface area contributed by atoms with Gasteiger partial charge >= 0.3 is 5.97 Å². The minimum Gasteiger partial charge on any atom is -0.455 e. The van der Waals surface area contributed by atoms with Crippen molar-refractivity contribution in [2.24, 2.45) is 0 Å². The van der Waals surface area contributed by atoms with E-state index in [0.717, 1.165) is 51.5 Å². The highest BCUT2D eigenvalue weighted by atomic mass is 16.5. The van der Waals surface area contributed by atoms with E-state index in [1.54, 1.807) is 0 Å². The molecule has 3 rings (SSSR count). The fraction of sp³-hybridized carbons (Fsp3) is 0.650. The Morgan fingerprint density at radius 1 is 1.00 bits per heavy atom. The number of ether oxygens (including phenoxy) is 2. The first-order valence-electron chi connectivity index (χ1n) is 9.82. The lowest BCUT2D eigenvalue weighted by atomic mass is 10.1. The number of quaternary nitrogens is 2. The van der Waals surface area contributed by atoms with Crippen LogP contribution in [0.25, 0.3) is 0 Å². The van der Waals surface area contributed by atoms with Gasteiger partial charge in [0.2, 0.25) is 6.04 Å². The number of rotatable bonds is 6. The van der Waals surface area contributed by atoms with E-state index in [2.05, 4.69) is 12.1 Å². The molecular weight excluding hydrogens is 316 g/mol. The van der Waals surface area contributed by atoms with E-state index in [-0.39, 0.29) is 12.0 Å². The second kappa shape index (κ2) is 9.90. The first-order chi connectivity index (χ1) is 12.3. The maximum atomic E-state index is 12.9. The third kappa shape index (κ3) is 5.53. The average molecular weight is 348 g/mol. The standard InChI is InChI=1S/C20H30N2O3/c23-20(25-17-14-21-12-15-24-16-13-21)19(18-8-4-3-5-9-18)22-10-6-1-2-7-11-22/h3-5,8-9,19H,1-2,6-7,10-17H2/p+2/t19-/m1/s1. The number of carbonyl (C=O) groups is 1. The monoisotopic (exact) mass is 348 g/mol. The summed E-state index contributed by atoms with van der Waals surface area (Å²) in [6, 6.07) is 9.99. The molecule has 2 N–H and O–H groups in total. The van der Waals surface area contributed by atoms with Crippen molar-refractivity contribution in [1.29, 1.82) is 0 Å². The number of morpholine rings is 1. The molecule has 1 aromatic rings. The van der Waals surface area contributed by atoms with E-state index in [9.17, 15) is 4.79 Å². The molecule has 0 radical (unpaired) electrons. The molecule has 0 bridgehead atoms. The van der Waals surface area contributed by atoms with Gasteiger partial charge in [0.05, 0.1) is 26.3 Å². The Bertz CT molecular complexity index is 509. The van der Waals surface area contributed by atoms with Gasteiger partial charge in [-0.05, 0) is 25.7 Å². The van der Waals surface area contributed by atoms with Crippen molar-refractivity contribution in [3.8, 4) is 0 Å². The van der Waals surface area contributed by atoms with Gasteiger partial charge < -0.3 is 19.3 Å². The molecular formula is C20H32N2O3+2. The molecule has 25 heavy (non-hydrogen) atoms. The lowest BCUT2D eigenvalue weighted by Gasteiger charge is -2.27. The van der Waals surface area contributed by atoms with Crippen LogP contribution in [-0.4, -0.2) is 58.5 Å². The van der Waals surface area contributed by atoms with Crippen LogP contribution in [0.2, 0.25) is 0 Å². The summed E-state index contributed by atoms with van der Waals surface area (Å²) in [5.74, 6) is -0.0595. The molecule has 0 aliphatic carbocycles. The van der Waals surface area contributed by atoms with Crippen LogP contribution in [-0.2, 0) is 14.3 Å². The smallest absolute Gasteiger partial charge is 0.370 e. The van der Waals surface area contributed by atoms with E-state index >= 15 is 0 Å². The molecule has 2 saturated heterocycles.